The number of ketones is 2. The third-order valence-electron chi connectivity index (χ3n) is 9.30. The van der Waals surface area contributed by atoms with Crippen LogP contribution in [0.1, 0.15) is 59.5 Å². The zero-order chi connectivity index (χ0) is 46.8. The average molecular weight is 986 g/mol. The van der Waals surface area contributed by atoms with E-state index < -0.39 is 47.3 Å². The van der Waals surface area contributed by atoms with Gasteiger partial charge in [-0.15, -0.1) is 0 Å². The normalized spacial score (nSPS) is 12.2. The van der Waals surface area contributed by atoms with Crippen LogP contribution in [-0.2, 0) is 32.0 Å². The van der Waals surface area contributed by atoms with E-state index >= 15 is 0 Å². The summed E-state index contributed by atoms with van der Waals surface area (Å²) in [6.07, 6.45) is 0.749. The molecule has 0 saturated carbocycles. The fraction of sp³-hybridized carbons (Fsp3) is 0.182. The molecule has 0 spiro atoms. The highest BCUT2D eigenvalue weighted by Gasteiger charge is 2.27. The summed E-state index contributed by atoms with van der Waals surface area (Å²) in [4.78, 5) is 78.8. The first-order chi connectivity index (χ1) is 30.4. The maximum absolute atomic E-state index is 13.6. The molecule has 64 heavy (non-hydrogen) atoms. The van der Waals surface area contributed by atoms with Crippen molar-refractivity contribution < 1.29 is 28.8 Å². The molecule has 330 valence electrons. The van der Waals surface area contributed by atoms with Crippen LogP contribution in [0.25, 0.3) is 0 Å². The van der Waals surface area contributed by atoms with Crippen molar-refractivity contribution in [2.24, 2.45) is 20.5 Å². The lowest BCUT2D eigenvalue weighted by Gasteiger charge is -2.20. The molecular weight excluding hydrogens is 949 g/mol. The standard InChI is InChI=1S/C44H36Cl6N8O6/c1-5-25-26(6-2)34(52-44(64)38(22(4)60)58-56-36-20-24(14-16-28(36)46)42(62)54-40-31(49)11-8-12-32(40)50)18-17-33(25)51-43(63)37(21(3)59)57-55-35-19-23(13-15-27(35)45)41(61)53-39-29(47)9-7-10-30(39)48/h7-20,37-38H,5-6H2,1-4H3,(H,51,63)(H,52,64)(H,53,61)(H,54,62). The van der Waals surface area contributed by atoms with E-state index in [9.17, 15) is 28.8 Å². The van der Waals surface area contributed by atoms with Crippen molar-refractivity contribution in [2.45, 2.75) is 52.6 Å². The van der Waals surface area contributed by atoms with Crippen LogP contribution >= 0.6 is 69.6 Å². The third-order valence-corrected chi connectivity index (χ3v) is 11.2. The predicted molar refractivity (Wildman–Crippen MR) is 252 cm³/mol. The van der Waals surface area contributed by atoms with Gasteiger partial charge in [0.2, 0.25) is 12.1 Å². The SMILES string of the molecule is CCc1c(NC(=O)C(N=Nc2cc(C(=O)Nc3c(Cl)cccc3Cl)ccc2Cl)C(C)=O)ccc(NC(=O)C(N=Nc2cc(C(=O)Nc3c(Cl)cccc3Cl)ccc2Cl)C(C)=O)c1CC. The van der Waals surface area contributed by atoms with E-state index in [1.165, 1.54) is 62.4 Å². The molecule has 2 unspecified atom stereocenters. The number of nitrogens with zero attached hydrogens (tertiary/aromatic N) is 4. The summed E-state index contributed by atoms with van der Waals surface area (Å²) < 4.78 is 0. The lowest BCUT2D eigenvalue weighted by Crippen LogP contribution is -2.33. The van der Waals surface area contributed by atoms with Gasteiger partial charge in [-0.3, -0.25) is 28.8 Å². The molecule has 0 aromatic heterocycles. The molecule has 0 aliphatic carbocycles. The number of para-hydroxylation sites is 2. The second-order valence-electron chi connectivity index (χ2n) is 13.7. The van der Waals surface area contributed by atoms with Crippen LogP contribution in [0.2, 0.25) is 30.1 Å². The number of hydrogen-bond donors (Lipinski definition) is 4. The molecule has 0 saturated heterocycles. The van der Waals surface area contributed by atoms with Crippen LogP contribution < -0.4 is 21.3 Å². The molecule has 4 N–H and O–H groups in total. The van der Waals surface area contributed by atoms with E-state index in [-0.39, 0.29) is 64.0 Å². The highest BCUT2D eigenvalue weighted by Crippen LogP contribution is 2.34. The van der Waals surface area contributed by atoms with Crippen molar-refractivity contribution in [3.8, 4) is 0 Å². The topological polar surface area (TPSA) is 200 Å². The first kappa shape index (κ1) is 49.3. The Morgan fingerprint density at radius 3 is 1.14 bits per heavy atom. The number of benzene rings is 5. The van der Waals surface area contributed by atoms with E-state index in [2.05, 4.69) is 41.7 Å². The lowest BCUT2D eigenvalue weighted by atomic mass is 9.98. The van der Waals surface area contributed by atoms with Gasteiger partial charge in [-0.05, 0) is 111 Å². The van der Waals surface area contributed by atoms with Gasteiger partial charge in [0.05, 0.1) is 41.5 Å². The smallest absolute Gasteiger partial charge is 0.258 e. The Labute approximate surface area is 397 Å². The molecule has 4 amide bonds. The fourth-order valence-corrected chi connectivity index (χ4v) is 7.38. The first-order valence-electron chi connectivity index (χ1n) is 19.1. The van der Waals surface area contributed by atoms with Crippen LogP contribution in [0.3, 0.4) is 0 Å². The number of amides is 4. The van der Waals surface area contributed by atoms with Gasteiger partial charge in [0.15, 0.2) is 11.6 Å². The number of nitrogens with one attached hydrogen (secondary N) is 4. The van der Waals surface area contributed by atoms with Crippen molar-refractivity contribution in [3.05, 3.63) is 137 Å². The Hall–Kier alpha value is -5.74. The zero-order valence-electron chi connectivity index (χ0n) is 34.2. The van der Waals surface area contributed by atoms with E-state index in [4.69, 9.17) is 69.6 Å². The van der Waals surface area contributed by atoms with Crippen molar-refractivity contribution in [1.82, 2.24) is 0 Å². The number of hydrogen-bond acceptors (Lipinski definition) is 10. The second kappa shape index (κ2) is 22.2. The van der Waals surface area contributed by atoms with Crippen molar-refractivity contribution in [1.29, 1.82) is 0 Å². The van der Waals surface area contributed by atoms with Crippen molar-refractivity contribution in [2.75, 3.05) is 21.3 Å². The maximum Gasteiger partial charge on any atom is 0.258 e. The Morgan fingerprint density at radius 2 is 0.828 bits per heavy atom. The van der Waals surface area contributed by atoms with Gasteiger partial charge in [0.1, 0.15) is 11.4 Å². The molecule has 0 heterocycles. The maximum atomic E-state index is 13.6. The summed E-state index contributed by atoms with van der Waals surface area (Å²) in [6, 6.07) is 17.6. The number of anilines is 4. The first-order valence-corrected chi connectivity index (χ1v) is 21.4. The molecule has 2 atom stereocenters. The molecule has 0 fully saturated rings. The number of halogens is 6. The highest BCUT2D eigenvalue weighted by atomic mass is 35.5. The van der Waals surface area contributed by atoms with E-state index in [1.54, 1.807) is 36.4 Å². The molecule has 0 radical (unpaired) electrons. The molecule has 5 aromatic rings. The number of azo groups is 2. The average Bonchev–Trinajstić information content (AvgIpc) is 3.24. The third kappa shape index (κ3) is 12.1. The van der Waals surface area contributed by atoms with Crippen LogP contribution in [0, 0.1) is 0 Å². The fourth-order valence-electron chi connectivity index (χ4n) is 6.08. The quantitative estimate of drug-likeness (QED) is 0.0560. The van der Waals surface area contributed by atoms with Gasteiger partial charge < -0.3 is 21.3 Å². The second-order valence-corrected chi connectivity index (χ2v) is 16.1. The minimum atomic E-state index is -1.62. The van der Waals surface area contributed by atoms with Crippen molar-refractivity contribution >= 4 is 139 Å². The van der Waals surface area contributed by atoms with Crippen molar-refractivity contribution in [3.63, 3.8) is 0 Å². The number of rotatable bonds is 16. The number of carbonyl (C=O) groups is 6. The molecule has 0 aliphatic rings. The van der Waals surface area contributed by atoms with Gasteiger partial charge in [0, 0.05) is 22.5 Å². The molecular formula is C44H36Cl6N8O6. The predicted octanol–water partition coefficient (Wildman–Crippen LogP) is 12.6. The van der Waals surface area contributed by atoms with Gasteiger partial charge in [-0.25, -0.2) is 0 Å². The Morgan fingerprint density at radius 1 is 0.484 bits per heavy atom. The van der Waals surface area contributed by atoms with E-state index in [0.29, 0.717) is 35.3 Å². The van der Waals surface area contributed by atoms with Gasteiger partial charge in [-0.2, -0.15) is 20.5 Å². The van der Waals surface area contributed by atoms with Crippen LogP contribution in [-0.4, -0.2) is 47.3 Å². The van der Waals surface area contributed by atoms with Crippen LogP contribution in [0.4, 0.5) is 34.1 Å². The van der Waals surface area contributed by atoms with E-state index in [1.807, 2.05) is 13.8 Å². The molecule has 0 bridgehead atoms. The Bertz CT molecular complexity index is 2520. The molecule has 5 rings (SSSR count). The molecule has 14 nitrogen and oxygen atoms in total. The molecule has 5 aromatic carbocycles. The minimum Gasteiger partial charge on any atom is -0.323 e. The number of carbonyl (C=O) groups excluding carboxylic acids is 6. The summed E-state index contributed by atoms with van der Waals surface area (Å²) in [5.41, 5.74) is 2.54. The summed E-state index contributed by atoms with van der Waals surface area (Å²) >= 11 is 37.5. The summed E-state index contributed by atoms with van der Waals surface area (Å²) in [6.45, 7) is 6.00. The molecule has 0 aliphatic heterocycles. The largest absolute Gasteiger partial charge is 0.323 e. The van der Waals surface area contributed by atoms with Gasteiger partial charge >= 0.3 is 0 Å². The summed E-state index contributed by atoms with van der Waals surface area (Å²) in [5, 5.41) is 27.9. The minimum absolute atomic E-state index is 0.00370. The monoisotopic (exact) mass is 982 g/mol. The Balaban J connectivity index is 1.32. The Kier molecular flexibility index (Phi) is 17.1. The van der Waals surface area contributed by atoms with Crippen LogP contribution in [0.5, 0.6) is 0 Å². The van der Waals surface area contributed by atoms with E-state index in [0.717, 1.165) is 0 Å². The van der Waals surface area contributed by atoms with Gasteiger partial charge in [-0.1, -0.05) is 95.6 Å². The summed E-state index contributed by atoms with van der Waals surface area (Å²) in [5.74, 6) is -4.07. The number of Topliss-reactive ketones (excluding diaryl/α,β-unsaturated/α-hetero) is 2. The van der Waals surface area contributed by atoms with Gasteiger partial charge in [0.25, 0.3) is 23.6 Å². The molecule has 20 heteroatoms. The highest BCUT2D eigenvalue weighted by molar-refractivity contribution is 6.41. The summed E-state index contributed by atoms with van der Waals surface area (Å²) in [7, 11) is 0. The lowest BCUT2D eigenvalue weighted by molar-refractivity contribution is -0.127. The van der Waals surface area contributed by atoms with Crippen LogP contribution in [0.15, 0.2) is 105 Å². The zero-order valence-corrected chi connectivity index (χ0v) is 38.7.